The van der Waals surface area contributed by atoms with Gasteiger partial charge in [-0.1, -0.05) is 5.92 Å². The van der Waals surface area contributed by atoms with E-state index >= 15 is 0 Å². The molecule has 1 rings (SSSR count). The first-order valence-corrected chi connectivity index (χ1v) is 5.76. The molecule has 0 bridgehead atoms. The third-order valence-corrected chi connectivity index (χ3v) is 3.05. The van der Waals surface area contributed by atoms with Gasteiger partial charge in [-0.25, -0.2) is 0 Å². The number of hydrogen-bond acceptors (Lipinski definition) is 3. The summed E-state index contributed by atoms with van der Waals surface area (Å²) in [5.74, 6) is 2.46. The number of nitrogens with one attached hydrogen (secondary N) is 1. The summed E-state index contributed by atoms with van der Waals surface area (Å²) in [5.41, 5.74) is 0. The Morgan fingerprint density at radius 2 is 2.50 bits per heavy atom. The van der Waals surface area contributed by atoms with Gasteiger partial charge in [0, 0.05) is 6.54 Å². The topological polar surface area (TPSA) is 52.6 Å². The van der Waals surface area contributed by atoms with Gasteiger partial charge in [0.2, 0.25) is 0 Å². The third-order valence-electron chi connectivity index (χ3n) is 3.05. The predicted octanol–water partition coefficient (Wildman–Crippen LogP) is 0.394. The van der Waals surface area contributed by atoms with E-state index in [1.807, 2.05) is 6.92 Å². The molecule has 0 aromatic rings. The molecule has 0 saturated carbocycles. The molecule has 1 aliphatic rings. The summed E-state index contributed by atoms with van der Waals surface area (Å²) in [6.07, 6.45) is 7.70. The number of hydrogen-bond donors (Lipinski definition) is 2. The second-order valence-corrected chi connectivity index (χ2v) is 4.37. The minimum absolute atomic E-state index is 0.0428. The van der Waals surface area contributed by atoms with E-state index in [4.69, 9.17) is 11.5 Å². The Balaban J connectivity index is 2.28. The molecular weight excluding hydrogens is 204 g/mol. The van der Waals surface area contributed by atoms with Crippen molar-refractivity contribution in [2.45, 2.75) is 25.8 Å². The van der Waals surface area contributed by atoms with Crippen molar-refractivity contribution >= 4 is 5.97 Å². The van der Waals surface area contributed by atoms with E-state index < -0.39 is 5.97 Å². The Labute approximate surface area is 97.0 Å². The number of carboxylic acids is 1. The fourth-order valence-electron chi connectivity index (χ4n) is 2.10. The van der Waals surface area contributed by atoms with Gasteiger partial charge in [0.1, 0.15) is 0 Å². The summed E-state index contributed by atoms with van der Waals surface area (Å²) < 4.78 is 0. The molecule has 0 radical (unpaired) electrons. The molecule has 0 spiro atoms. The molecule has 2 unspecified atom stereocenters. The van der Waals surface area contributed by atoms with Crippen LogP contribution in [0.3, 0.4) is 0 Å². The molecule has 4 nitrogen and oxygen atoms in total. The average Bonchev–Trinajstić information content (AvgIpc) is 2.28. The molecule has 90 valence electrons. The second kappa shape index (κ2) is 6.51. The van der Waals surface area contributed by atoms with Crippen LogP contribution < -0.4 is 5.32 Å². The molecule has 2 atom stereocenters. The maximum Gasteiger partial charge on any atom is 0.317 e. The zero-order valence-corrected chi connectivity index (χ0v) is 9.78. The van der Waals surface area contributed by atoms with E-state index in [9.17, 15) is 4.79 Å². The van der Waals surface area contributed by atoms with E-state index in [0.29, 0.717) is 5.92 Å². The smallest absolute Gasteiger partial charge is 0.317 e. The molecule has 1 fully saturated rings. The van der Waals surface area contributed by atoms with Crippen molar-refractivity contribution in [3.8, 4) is 12.3 Å². The molecule has 16 heavy (non-hydrogen) atoms. The van der Waals surface area contributed by atoms with Crippen LogP contribution in [0.25, 0.3) is 0 Å². The Hall–Kier alpha value is -1.05. The lowest BCUT2D eigenvalue weighted by Gasteiger charge is -2.34. The highest BCUT2D eigenvalue weighted by atomic mass is 16.4. The first kappa shape index (κ1) is 13.0. The minimum Gasteiger partial charge on any atom is -0.480 e. The maximum absolute atomic E-state index is 10.4. The number of carbonyl (C=O) groups is 1. The molecule has 1 saturated heterocycles. The molecule has 2 N–H and O–H groups in total. The van der Waals surface area contributed by atoms with Crippen LogP contribution >= 0.6 is 0 Å². The van der Waals surface area contributed by atoms with Crippen molar-refractivity contribution in [3.63, 3.8) is 0 Å². The number of likely N-dealkylation sites (tertiary alicyclic amines) is 1. The SMILES string of the molecule is C#CC(C)N1CCCC(CNCC(=O)O)C1. The Morgan fingerprint density at radius 3 is 3.12 bits per heavy atom. The lowest BCUT2D eigenvalue weighted by Crippen LogP contribution is -2.44. The fourth-order valence-corrected chi connectivity index (χ4v) is 2.10. The molecule has 0 aromatic heterocycles. The van der Waals surface area contributed by atoms with E-state index in [2.05, 4.69) is 16.1 Å². The van der Waals surface area contributed by atoms with Crippen molar-refractivity contribution in [1.82, 2.24) is 10.2 Å². The third kappa shape index (κ3) is 4.21. The zero-order valence-electron chi connectivity index (χ0n) is 9.78. The van der Waals surface area contributed by atoms with Crippen LogP contribution in [0.1, 0.15) is 19.8 Å². The van der Waals surface area contributed by atoms with Gasteiger partial charge in [-0.05, 0) is 38.8 Å². The van der Waals surface area contributed by atoms with Crippen LogP contribution in [0.4, 0.5) is 0 Å². The van der Waals surface area contributed by atoms with Crippen molar-refractivity contribution in [1.29, 1.82) is 0 Å². The summed E-state index contributed by atoms with van der Waals surface area (Å²) in [7, 11) is 0. The zero-order chi connectivity index (χ0) is 12.0. The van der Waals surface area contributed by atoms with E-state index in [0.717, 1.165) is 32.5 Å². The molecule has 4 heteroatoms. The molecule has 1 heterocycles. The molecule has 0 aromatic carbocycles. The van der Waals surface area contributed by atoms with Gasteiger partial charge in [0.05, 0.1) is 12.6 Å². The van der Waals surface area contributed by atoms with Gasteiger partial charge in [-0.3, -0.25) is 9.69 Å². The van der Waals surface area contributed by atoms with Crippen molar-refractivity contribution < 1.29 is 9.90 Å². The van der Waals surface area contributed by atoms with Crippen LogP contribution in [-0.4, -0.2) is 48.2 Å². The Kier molecular flexibility index (Phi) is 5.30. The van der Waals surface area contributed by atoms with E-state index in [-0.39, 0.29) is 12.6 Å². The molecule has 0 aliphatic carbocycles. The first-order valence-electron chi connectivity index (χ1n) is 5.76. The van der Waals surface area contributed by atoms with Gasteiger partial charge < -0.3 is 10.4 Å². The monoisotopic (exact) mass is 224 g/mol. The summed E-state index contributed by atoms with van der Waals surface area (Å²) in [6.45, 7) is 4.87. The normalized spacial score (nSPS) is 23.6. The number of aliphatic carboxylic acids is 1. The van der Waals surface area contributed by atoms with Crippen LogP contribution in [0.15, 0.2) is 0 Å². The van der Waals surface area contributed by atoms with Crippen molar-refractivity contribution in [2.24, 2.45) is 5.92 Å². The summed E-state index contributed by atoms with van der Waals surface area (Å²) in [5, 5.41) is 11.5. The van der Waals surface area contributed by atoms with E-state index in [1.54, 1.807) is 0 Å². The van der Waals surface area contributed by atoms with Gasteiger partial charge >= 0.3 is 5.97 Å². The van der Waals surface area contributed by atoms with Crippen LogP contribution in [0, 0.1) is 18.3 Å². The fraction of sp³-hybridized carbons (Fsp3) is 0.750. The predicted molar refractivity (Wildman–Crippen MR) is 63.1 cm³/mol. The Bertz CT molecular complexity index is 273. The van der Waals surface area contributed by atoms with Crippen LogP contribution in [0.5, 0.6) is 0 Å². The standard InChI is InChI=1S/C12H20N2O2/c1-3-10(2)14-6-4-5-11(9-14)7-13-8-12(15)16/h1,10-11,13H,4-9H2,2H3,(H,15,16). The minimum atomic E-state index is -0.801. The number of carboxylic acid groups (broad SMARTS) is 1. The quantitative estimate of drug-likeness (QED) is 0.664. The van der Waals surface area contributed by atoms with Crippen molar-refractivity contribution in [2.75, 3.05) is 26.2 Å². The average molecular weight is 224 g/mol. The van der Waals surface area contributed by atoms with Crippen molar-refractivity contribution in [3.05, 3.63) is 0 Å². The van der Waals surface area contributed by atoms with Gasteiger partial charge in [0.25, 0.3) is 0 Å². The Morgan fingerprint density at radius 1 is 1.75 bits per heavy atom. The number of rotatable bonds is 5. The number of terminal acetylenes is 1. The van der Waals surface area contributed by atoms with Gasteiger partial charge in [-0.15, -0.1) is 6.42 Å². The highest BCUT2D eigenvalue weighted by Crippen LogP contribution is 2.17. The van der Waals surface area contributed by atoms with Gasteiger partial charge in [-0.2, -0.15) is 0 Å². The number of piperidine rings is 1. The largest absolute Gasteiger partial charge is 0.480 e. The highest BCUT2D eigenvalue weighted by Gasteiger charge is 2.22. The van der Waals surface area contributed by atoms with Gasteiger partial charge in [0.15, 0.2) is 0 Å². The summed E-state index contributed by atoms with van der Waals surface area (Å²) >= 11 is 0. The second-order valence-electron chi connectivity index (χ2n) is 4.37. The summed E-state index contributed by atoms with van der Waals surface area (Å²) in [6, 6.07) is 0.183. The first-order chi connectivity index (χ1) is 7.63. The lowest BCUT2D eigenvalue weighted by atomic mass is 9.97. The number of nitrogens with zero attached hydrogens (tertiary/aromatic N) is 1. The van der Waals surface area contributed by atoms with Crippen LogP contribution in [-0.2, 0) is 4.79 Å². The lowest BCUT2D eigenvalue weighted by molar-refractivity contribution is -0.136. The molecule has 0 amide bonds. The summed E-state index contributed by atoms with van der Waals surface area (Å²) in [4.78, 5) is 12.6. The van der Waals surface area contributed by atoms with E-state index in [1.165, 1.54) is 0 Å². The maximum atomic E-state index is 10.4. The molecule has 1 aliphatic heterocycles. The van der Waals surface area contributed by atoms with Crippen LogP contribution in [0.2, 0.25) is 0 Å². The highest BCUT2D eigenvalue weighted by molar-refractivity contribution is 5.68. The molecular formula is C12H20N2O2.